The molecule has 128 valence electrons. The van der Waals surface area contributed by atoms with Crippen LogP contribution in [-0.4, -0.2) is 21.0 Å². The number of fused-ring (bicyclic) bond motifs is 1. The van der Waals surface area contributed by atoms with Crippen LogP contribution >= 0.6 is 47.0 Å². The van der Waals surface area contributed by atoms with Crippen molar-refractivity contribution in [2.24, 2.45) is 0 Å². The Kier molecular flexibility index (Phi) is 6.52. The van der Waals surface area contributed by atoms with Gasteiger partial charge >= 0.3 is 0 Å². The van der Waals surface area contributed by atoms with Crippen LogP contribution in [0.3, 0.4) is 0 Å². The van der Waals surface area contributed by atoms with E-state index in [2.05, 4.69) is 16.0 Å². The number of thiocarbonyl (C=S) groups is 1. The van der Waals surface area contributed by atoms with Gasteiger partial charge in [0.2, 0.25) is 9.70 Å². The molecule has 0 spiro atoms. The molecule has 0 radical (unpaired) electrons. The van der Waals surface area contributed by atoms with Crippen molar-refractivity contribution in [1.82, 2.24) is 10.6 Å². The number of hydrogen-bond acceptors (Lipinski definition) is 2. The zero-order chi connectivity index (χ0) is 17.7. The number of rotatable bonds is 4. The fraction of sp³-hybridized carbons (Fsp3) is 0.250. The Morgan fingerprint density at radius 3 is 2.42 bits per heavy atom. The lowest BCUT2D eigenvalue weighted by Crippen LogP contribution is -2.56. The molecule has 0 aliphatic rings. The van der Waals surface area contributed by atoms with E-state index in [1.54, 1.807) is 6.92 Å². The van der Waals surface area contributed by atoms with Crippen LogP contribution in [0.15, 0.2) is 42.5 Å². The first-order valence-corrected chi connectivity index (χ1v) is 8.76. The Hall–Kier alpha value is -1.27. The Labute approximate surface area is 160 Å². The highest BCUT2D eigenvalue weighted by Gasteiger charge is 2.34. The van der Waals surface area contributed by atoms with Gasteiger partial charge in [0.05, 0.1) is 0 Å². The molecule has 3 N–H and O–H groups in total. The van der Waals surface area contributed by atoms with Crippen LogP contribution in [0, 0.1) is 0 Å². The van der Waals surface area contributed by atoms with Crippen LogP contribution in [0.1, 0.15) is 13.3 Å². The van der Waals surface area contributed by atoms with Crippen molar-refractivity contribution in [3.63, 3.8) is 0 Å². The van der Waals surface area contributed by atoms with Crippen molar-refractivity contribution in [3.8, 4) is 0 Å². The van der Waals surface area contributed by atoms with Crippen molar-refractivity contribution < 1.29 is 4.79 Å². The normalized spacial score (nSPS) is 12.5. The molecule has 1 unspecified atom stereocenters. The summed E-state index contributed by atoms with van der Waals surface area (Å²) in [5.41, 5.74) is 0.788. The number of carbonyl (C=O) groups is 1. The minimum absolute atomic E-state index is 0.234. The van der Waals surface area contributed by atoms with Crippen LogP contribution in [0.25, 0.3) is 10.8 Å². The minimum Gasteiger partial charge on any atom is -0.339 e. The third-order valence-corrected chi connectivity index (χ3v) is 4.11. The lowest BCUT2D eigenvalue weighted by atomic mass is 10.1. The molecule has 0 saturated heterocycles. The summed E-state index contributed by atoms with van der Waals surface area (Å²) in [7, 11) is 0. The third-order valence-electron chi connectivity index (χ3n) is 3.24. The molecular weight excluding hydrogens is 389 g/mol. The molecule has 0 aliphatic heterocycles. The molecule has 0 bridgehead atoms. The quantitative estimate of drug-likeness (QED) is 0.403. The highest BCUT2D eigenvalue weighted by atomic mass is 35.6. The van der Waals surface area contributed by atoms with E-state index >= 15 is 0 Å². The monoisotopic (exact) mass is 403 g/mol. The maximum atomic E-state index is 11.6. The Morgan fingerprint density at radius 1 is 1.12 bits per heavy atom. The lowest BCUT2D eigenvalue weighted by molar-refractivity contribution is -0.121. The maximum absolute atomic E-state index is 11.6. The van der Waals surface area contributed by atoms with Crippen LogP contribution < -0.4 is 16.0 Å². The van der Waals surface area contributed by atoms with Gasteiger partial charge in [-0.25, -0.2) is 0 Å². The first kappa shape index (κ1) is 19.1. The van der Waals surface area contributed by atoms with Crippen LogP contribution in [0.5, 0.6) is 0 Å². The second-order valence-electron chi connectivity index (χ2n) is 5.06. The van der Waals surface area contributed by atoms with Crippen molar-refractivity contribution in [2.45, 2.75) is 23.3 Å². The van der Waals surface area contributed by atoms with Gasteiger partial charge in [0, 0.05) is 12.1 Å². The summed E-state index contributed by atoms with van der Waals surface area (Å²) in [6, 6.07) is 13.8. The Balaban J connectivity index is 2.07. The smallest absolute Gasteiger partial charge is 0.228 e. The van der Waals surface area contributed by atoms with E-state index in [1.807, 2.05) is 42.5 Å². The summed E-state index contributed by atoms with van der Waals surface area (Å²) >= 11 is 22.9. The molecular formula is C16H16Cl3N3OS. The predicted octanol–water partition coefficient (Wildman–Crippen LogP) is 4.35. The summed E-state index contributed by atoms with van der Waals surface area (Å²) in [5, 5.41) is 10.8. The van der Waals surface area contributed by atoms with Crippen molar-refractivity contribution in [1.29, 1.82) is 0 Å². The van der Waals surface area contributed by atoms with Gasteiger partial charge in [0.25, 0.3) is 0 Å². The summed E-state index contributed by atoms with van der Waals surface area (Å²) in [5.74, 6) is -0.257. The first-order chi connectivity index (χ1) is 11.3. The number of amides is 1. The number of anilines is 1. The zero-order valence-electron chi connectivity index (χ0n) is 12.8. The standard InChI is InChI=1S/C16H16Cl3N3OS/c1-2-13(23)21-14(16(17,18)19)22-15(24)20-12-8-7-10-5-3-4-6-11(10)9-12/h3-9,14H,2H2,1H3,(H,21,23)(H2,20,22,24). The van der Waals surface area contributed by atoms with Gasteiger partial charge in [-0.05, 0) is 35.1 Å². The lowest BCUT2D eigenvalue weighted by Gasteiger charge is -2.27. The predicted molar refractivity (Wildman–Crippen MR) is 106 cm³/mol. The van der Waals surface area contributed by atoms with Gasteiger partial charge in [0.15, 0.2) is 5.11 Å². The van der Waals surface area contributed by atoms with E-state index in [0.717, 1.165) is 16.5 Å². The third kappa shape index (κ3) is 5.38. The van der Waals surface area contributed by atoms with Gasteiger partial charge in [-0.2, -0.15) is 0 Å². The van der Waals surface area contributed by atoms with E-state index in [4.69, 9.17) is 47.0 Å². The molecule has 0 fully saturated rings. The van der Waals surface area contributed by atoms with E-state index in [9.17, 15) is 4.79 Å². The van der Waals surface area contributed by atoms with Gasteiger partial charge in [-0.15, -0.1) is 0 Å². The van der Waals surface area contributed by atoms with Crippen molar-refractivity contribution >= 4 is 74.5 Å². The van der Waals surface area contributed by atoms with Gasteiger partial charge in [0.1, 0.15) is 6.17 Å². The number of alkyl halides is 3. The summed E-state index contributed by atoms with van der Waals surface area (Å²) in [4.78, 5) is 11.6. The highest BCUT2D eigenvalue weighted by Crippen LogP contribution is 2.29. The Morgan fingerprint density at radius 2 is 1.79 bits per heavy atom. The molecule has 2 aromatic carbocycles. The molecule has 8 heteroatoms. The molecule has 24 heavy (non-hydrogen) atoms. The van der Waals surface area contributed by atoms with Crippen LogP contribution in [0.2, 0.25) is 0 Å². The largest absolute Gasteiger partial charge is 0.339 e. The Bertz CT molecular complexity index is 749. The molecule has 1 atom stereocenters. The average Bonchev–Trinajstić information content (AvgIpc) is 2.53. The molecule has 0 aromatic heterocycles. The molecule has 0 heterocycles. The number of nitrogens with one attached hydrogen (secondary N) is 3. The van der Waals surface area contributed by atoms with Crippen molar-refractivity contribution in [2.75, 3.05) is 5.32 Å². The van der Waals surface area contributed by atoms with Gasteiger partial charge in [-0.3, -0.25) is 4.79 Å². The number of benzene rings is 2. The molecule has 0 aliphatic carbocycles. The van der Waals surface area contributed by atoms with E-state index < -0.39 is 9.96 Å². The topological polar surface area (TPSA) is 53.2 Å². The van der Waals surface area contributed by atoms with Crippen LogP contribution in [0.4, 0.5) is 5.69 Å². The second-order valence-corrected chi connectivity index (χ2v) is 7.83. The molecule has 4 nitrogen and oxygen atoms in total. The number of hydrogen-bond donors (Lipinski definition) is 3. The molecule has 0 saturated carbocycles. The minimum atomic E-state index is -1.75. The van der Waals surface area contributed by atoms with E-state index in [-0.39, 0.29) is 17.4 Å². The van der Waals surface area contributed by atoms with Crippen LogP contribution in [-0.2, 0) is 4.79 Å². The summed E-state index contributed by atoms with van der Waals surface area (Å²) in [6.45, 7) is 1.70. The van der Waals surface area contributed by atoms with Gasteiger partial charge < -0.3 is 16.0 Å². The molecule has 1 amide bonds. The SMILES string of the molecule is CCC(=O)NC(NC(=S)Nc1ccc2ccccc2c1)C(Cl)(Cl)Cl. The highest BCUT2D eigenvalue weighted by molar-refractivity contribution is 7.80. The molecule has 2 aromatic rings. The number of halogens is 3. The first-order valence-electron chi connectivity index (χ1n) is 7.22. The maximum Gasteiger partial charge on any atom is 0.228 e. The summed E-state index contributed by atoms with van der Waals surface area (Å²) in [6.07, 6.45) is -0.681. The second kappa shape index (κ2) is 8.21. The fourth-order valence-electron chi connectivity index (χ4n) is 2.03. The van der Waals surface area contributed by atoms with Crippen molar-refractivity contribution in [3.05, 3.63) is 42.5 Å². The number of carbonyl (C=O) groups excluding carboxylic acids is 1. The molecule has 2 rings (SSSR count). The fourth-order valence-corrected chi connectivity index (χ4v) is 2.59. The van der Waals surface area contributed by atoms with E-state index in [0.29, 0.717) is 0 Å². The van der Waals surface area contributed by atoms with Gasteiger partial charge in [-0.1, -0.05) is 72.1 Å². The zero-order valence-corrected chi connectivity index (χ0v) is 15.9. The van der Waals surface area contributed by atoms with E-state index in [1.165, 1.54) is 0 Å². The summed E-state index contributed by atoms with van der Waals surface area (Å²) < 4.78 is -1.75. The average molecular weight is 405 g/mol.